The van der Waals surface area contributed by atoms with E-state index in [4.69, 9.17) is 5.73 Å². The van der Waals surface area contributed by atoms with E-state index in [0.717, 1.165) is 10.6 Å². The number of nitrogens with two attached hydrogens (primary N) is 1. The number of carbonyl (C=O) groups is 1. The normalized spacial score (nSPS) is 10.1. The van der Waals surface area contributed by atoms with E-state index in [1.165, 1.54) is 0 Å². The van der Waals surface area contributed by atoms with Crippen LogP contribution in [0.3, 0.4) is 0 Å². The minimum atomic E-state index is -0.107. The second-order valence-electron chi connectivity index (χ2n) is 3.78. The van der Waals surface area contributed by atoms with Gasteiger partial charge in [-0.15, -0.1) is 11.8 Å². The summed E-state index contributed by atoms with van der Waals surface area (Å²) in [7, 11) is 0. The number of anilines is 2. The lowest BCUT2D eigenvalue weighted by molar-refractivity contribution is 0.102. The van der Waals surface area contributed by atoms with Gasteiger partial charge >= 0.3 is 0 Å². The summed E-state index contributed by atoms with van der Waals surface area (Å²) < 4.78 is 0. The molecule has 0 radical (unpaired) electrons. The van der Waals surface area contributed by atoms with Gasteiger partial charge in [0.2, 0.25) is 0 Å². The first-order valence-corrected chi connectivity index (χ1v) is 6.73. The van der Waals surface area contributed by atoms with Gasteiger partial charge in [-0.3, -0.25) is 4.79 Å². The van der Waals surface area contributed by atoms with Crippen molar-refractivity contribution in [3.63, 3.8) is 0 Å². The number of nitrogens with one attached hydrogen (secondary N) is 1. The van der Waals surface area contributed by atoms with Crippen LogP contribution >= 0.6 is 11.8 Å². The Kier molecular flexibility index (Phi) is 3.89. The van der Waals surface area contributed by atoms with Crippen molar-refractivity contribution < 1.29 is 4.79 Å². The van der Waals surface area contributed by atoms with Crippen LogP contribution in [0.15, 0.2) is 53.4 Å². The quantitative estimate of drug-likeness (QED) is 0.656. The lowest BCUT2D eigenvalue weighted by atomic mass is 10.2. The molecular formula is C14H14N2OS. The van der Waals surface area contributed by atoms with Crippen molar-refractivity contribution in [1.82, 2.24) is 0 Å². The molecule has 0 aliphatic carbocycles. The molecule has 0 aliphatic heterocycles. The van der Waals surface area contributed by atoms with Crippen molar-refractivity contribution in [3.05, 3.63) is 54.1 Å². The maximum atomic E-state index is 12.1. The molecule has 0 fully saturated rings. The van der Waals surface area contributed by atoms with Crippen LogP contribution in [0.25, 0.3) is 0 Å². The molecule has 0 unspecified atom stereocenters. The Morgan fingerprint density at radius 1 is 1.11 bits per heavy atom. The second kappa shape index (κ2) is 5.60. The van der Waals surface area contributed by atoms with Gasteiger partial charge < -0.3 is 11.1 Å². The predicted molar refractivity (Wildman–Crippen MR) is 77.0 cm³/mol. The number of benzene rings is 2. The molecule has 0 atom stereocenters. The first-order chi connectivity index (χ1) is 8.70. The number of rotatable bonds is 3. The Morgan fingerprint density at radius 3 is 2.44 bits per heavy atom. The van der Waals surface area contributed by atoms with Crippen molar-refractivity contribution in [2.45, 2.75) is 4.90 Å². The number of carbonyl (C=O) groups excluding carboxylic acids is 1. The van der Waals surface area contributed by atoms with Crippen molar-refractivity contribution in [2.24, 2.45) is 0 Å². The molecule has 18 heavy (non-hydrogen) atoms. The van der Waals surface area contributed by atoms with Crippen molar-refractivity contribution >= 4 is 29.0 Å². The fourth-order valence-corrected chi connectivity index (χ4v) is 2.19. The fraction of sp³-hybridized carbons (Fsp3) is 0.0714. The highest BCUT2D eigenvalue weighted by Gasteiger charge is 2.10. The Morgan fingerprint density at radius 2 is 1.78 bits per heavy atom. The monoisotopic (exact) mass is 258 g/mol. The van der Waals surface area contributed by atoms with E-state index in [0.29, 0.717) is 11.3 Å². The van der Waals surface area contributed by atoms with Gasteiger partial charge in [-0.25, -0.2) is 0 Å². The van der Waals surface area contributed by atoms with Crippen LogP contribution in [0.1, 0.15) is 10.4 Å². The highest BCUT2D eigenvalue weighted by atomic mass is 32.2. The zero-order valence-corrected chi connectivity index (χ0v) is 10.8. The van der Waals surface area contributed by atoms with Gasteiger partial charge in [0.15, 0.2) is 0 Å². The SMILES string of the molecule is CSc1ccccc1C(=O)Nc1ccc(N)cc1. The van der Waals surface area contributed by atoms with Crippen molar-refractivity contribution in [2.75, 3.05) is 17.3 Å². The number of amides is 1. The molecular weight excluding hydrogens is 244 g/mol. The summed E-state index contributed by atoms with van der Waals surface area (Å²) in [6, 6.07) is 14.6. The average molecular weight is 258 g/mol. The summed E-state index contributed by atoms with van der Waals surface area (Å²) >= 11 is 1.56. The molecule has 2 aromatic rings. The van der Waals surface area contributed by atoms with Gasteiger partial charge in [0.1, 0.15) is 0 Å². The van der Waals surface area contributed by atoms with Crippen LogP contribution in [-0.2, 0) is 0 Å². The molecule has 3 nitrogen and oxygen atoms in total. The van der Waals surface area contributed by atoms with E-state index in [1.54, 1.807) is 36.0 Å². The van der Waals surface area contributed by atoms with Gasteiger partial charge in [-0.05, 0) is 42.7 Å². The zero-order valence-electron chi connectivity index (χ0n) is 10.0. The van der Waals surface area contributed by atoms with E-state index < -0.39 is 0 Å². The number of hydrogen-bond acceptors (Lipinski definition) is 3. The van der Waals surface area contributed by atoms with Crippen molar-refractivity contribution in [1.29, 1.82) is 0 Å². The molecule has 0 saturated heterocycles. The van der Waals surface area contributed by atoms with Crippen LogP contribution in [0.4, 0.5) is 11.4 Å². The molecule has 4 heteroatoms. The average Bonchev–Trinajstić information content (AvgIpc) is 2.41. The van der Waals surface area contributed by atoms with Crippen molar-refractivity contribution in [3.8, 4) is 0 Å². The molecule has 0 saturated carbocycles. The Labute approximate surface area is 110 Å². The highest BCUT2D eigenvalue weighted by Crippen LogP contribution is 2.21. The van der Waals surface area contributed by atoms with E-state index in [-0.39, 0.29) is 5.91 Å². The third-order valence-electron chi connectivity index (χ3n) is 2.52. The standard InChI is InChI=1S/C14H14N2OS/c1-18-13-5-3-2-4-12(13)14(17)16-11-8-6-10(15)7-9-11/h2-9H,15H2,1H3,(H,16,17). The Hall–Kier alpha value is -1.94. The zero-order chi connectivity index (χ0) is 13.0. The van der Waals surface area contributed by atoms with Gasteiger partial charge in [0, 0.05) is 16.3 Å². The Bertz CT molecular complexity index is 552. The number of hydrogen-bond donors (Lipinski definition) is 2. The molecule has 0 heterocycles. The van der Waals surface area contributed by atoms with Gasteiger partial charge in [0.25, 0.3) is 5.91 Å². The first kappa shape index (κ1) is 12.5. The maximum absolute atomic E-state index is 12.1. The van der Waals surface area contributed by atoms with E-state index in [9.17, 15) is 4.79 Å². The van der Waals surface area contributed by atoms with Gasteiger partial charge in [-0.2, -0.15) is 0 Å². The molecule has 0 aromatic heterocycles. The first-order valence-electron chi connectivity index (χ1n) is 5.50. The van der Waals surface area contributed by atoms with E-state index in [1.807, 2.05) is 30.5 Å². The lowest BCUT2D eigenvalue weighted by Gasteiger charge is -2.08. The minimum Gasteiger partial charge on any atom is -0.399 e. The molecule has 2 rings (SSSR count). The summed E-state index contributed by atoms with van der Waals surface area (Å²) in [5.74, 6) is -0.107. The molecule has 0 bridgehead atoms. The number of nitrogen functional groups attached to an aromatic ring is 1. The topological polar surface area (TPSA) is 55.1 Å². The predicted octanol–water partition coefficient (Wildman–Crippen LogP) is 3.24. The van der Waals surface area contributed by atoms with Crippen LogP contribution < -0.4 is 11.1 Å². The third-order valence-corrected chi connectivity index (χ3v) is 3.32. The van der Waals surface area contributed by atoms with Gasteiger partial charge in [0.05, 0.1) is 5.56 Å². The fourth-order valence-electron chi connectivity index (χ4n) is 1.60. The molecule has 92 valence electrons. The molecule has 0 aliphatic rings. The molecule has 0 spiro atoms. The van der Waals surface area contributed by atoms with E-state index in [2.05, 4.69) is 5.32 Å². The molecule has 2 aromatic carbocycles. The second-order valence-corrected chi connectivity index (χ2v) is 4.62. The summed E-state index contributed by atoms with van der Waals surface area (Å²) in [5, 5.41) is 2.85. The van der Waals surface area contributed by atoms with Crippen LogP contribution in [0.5, 0.6) is 0 Å². The summed E-state index contributed by atoms with van der Waals surface area (Å²) in [4.78, 5) is 13.1. The van der Waals surface area contributed by atoms with Gasteiger partial charge in [-0.1, -0.05) is 12.1 Å². The molecule has 3 N–H and O–H groups in total. The summed E-state index contributed by atoms with van der Waals surface area (Å²) in [5.41, 5.74) is 7.70. The maximum Gasteiger partial charge on any atom is 0.256 e. The smallest absolute Gasteiger partial charge is 0.256 e. The van der Waals surface area contributed by atoms with Crippen LogP contribution in [-0.4, -0.2) is 12.2 Å². The molecule has 1 amide bonds. The lowest BCUT2D eigenvalue weighted by Crippen LogP contribution is -2.12. The third kappa shape index (κ3) is 2.84. The number of thioether (sulfide) groups is 1. The van der Waals surface area contributed by atoms with Crippen LogP contribution in [0.2, 0.25) is 0 Å². The summed E-state index contributed by atoms with van der Waals surface area (Å²) in [6.45, 7) is 0. The summed E-state index contributed by atoms with van der Waals surface area (Å²) in [6.07, 6.45) is 1.95. The van der Waals surface area contributed by atoms with Crippen LogP contribution in [0, 0.1) is 0 Å². The van der Waals surface area contributed by atoms with E-state index >= 15 is 0 Å². The Balaban J connectivity index is 2.19. The largest absolute Gasteiger partial charge is 0.399 e. The minimum absolute atomic E-state index is 0.107. The highest BCUT2D eigenvalue weighted by molar-refractivity contribution is 7.98.